The predicted molar refractivity (Wildman–Crippen MR) is 118 cm³/mol. The van der Waals surface area contributed by atoms with Crippen molar-refractivity contribution in [3.8, 4) is 11.5 Å². The molecule has 3 aromatic rings. The monoisotopic (exact) mass is 434 g/mol. The van der Waals surface area contributed by atoms with Crippen LogP contribution in [0.4, 0.5) is 14.5 Å². The van der Waals surface area contributed by atoms with Gasteiger partial charge in [-0.05, 0) is 61.0 Å². The van der Waals surface area contributed by atoms with Crippen molar-refractivity contribution in [3.63, 3.8) is 0 Å². The summed E-state index contributed by atoms with van der Waals surface area (Å²) in [5.74, 6) is -0.591. The molecule has 1 heterocycles. The molecular weight excluding hydrogens is 414 g/mol. The van der Waals surface area contributed by atoms with E-state index < -0.39 is 11.6 Å². The maximum atomic E-state index is 14.6. The molecule has 7 heteroatoms. The molecular formula is C25H20F2N2O3. The van der Waals surface area contributed by atoms with E-state index in [1.165, 1.54) is 6.07 Å². The SMILES string of the molecule is CC=Cc1cc(F)cc(F)c1CN1CNC(=O)c2cc(Oc3ccc(C=O)cc3)ccc21. The fourth-order valence-electron chi connectivity index (χ4n) is 3.58. The number of rotatable bonds is 6. The second-order valence-electron chi connectivity index (χ2n) is 7.29. The highest BCUT2D eigenvalue weighted by molar-refractivity contribution is 6.02. The minimum absolute atomic E-state index is 0.145. The molecule has 0 saturated carbocycles. The van der Waals surface area contributed by atoms with Crippen LogP contribution >= 0.6 is 0 Å². The number of nitrogens with one attached hydrogen (secondary N) is 1. The van der Waals surface area contributed by atoms with Crippen molar-refractivity contribution in [2.45, 2.75) is 13.5 Å². The molecule has 1 aliphatic rings. The minimum Gasteiger partial charge on any atom is -0.457 e. The summed E-state index contributed by atoms with van der Waals surface area (Å²) in [6.45, 7) is 2.11. The van der Waals surface area contributed by atoms with Gasteiger partial charge in [0.1, 0.15) is 29.4 Å². The van der Waals surface area contributed by atoms with E-state index in [0.717, 1.165) is 12.4 Å². The van der Waals surface area contributed by atoms with Crippen LogP contribution in [0.3, 0.4) is 0 Å². The number of hydrogen-bond donors (Lipinski definition) is 1. The average Bonchev–Trinajstić information content (AvgIpc) is 2.78. The maximum Gasteiger partial charge on any atom is 0.254 e. The van der Waals surface area contributed by atoms with E-state index in [-0.39, 0.29) is 19.1 Å². The zero-order valence-electron chi connectivity index (χ0n) is 17.3. The zero-order chi connectivity index (χ0) is 22.7. The molecule has 0 aromatic heterocycles. The van der Waals surface area contributed by atoms with Gasteiger partial charge in [0.05, 0.1) is 17.9 Å². The van der Waals surface area contributed by atoms with Crippen LogP contribution in [0, 0.1) is 11.6 Å². The fraction of sp³-hybridized carbons (Fsp3) is 0.120. The molecule has 0 atom stereocenters. The van der Waals surface area contributed by atoms with Crippen LogP contribution < -0.4 is 15.0 Å². The van der Waals surface area contributed by atoms with Crippen LogP contribution in [0.2, 0.25) is 0 Å². The number of halogens is 2. The lowest BCUT2D eigenvalue weighted by atomic mass is 10.0. The van der Waals surface area contributed by atoms with Gasteiger partial charge in [0.25, 0.3) is 5.91 Å². The number of hydrogen-bond acceptors (Lipinski definition) is 4. The first-order valence-electron chi connectivity index (χ1n) is 9.99. The van der Waals surface area contributed by atoms with Crippen molar-refractivity contribution in [3.05, 3.63) is 94.6 Å². The second kappa shape index (κ2) is 9.01. The molecule has 0 bridgehead atoms. The number of benzene rings is 3. The molecule has 4 rings (SSSR count). The normalized spacial score (nSPS) is 13.1. The summed E-state index contributed by atoms with van der Waals surface area (Å²) >= 11 is 0. The Kier molecular flexibility index (Phi) is 5.98. The second-order valence-corrected chi connectivity index (χ2v) is 7.29. The van der Waals surface area contributed by atoms with Gasteiger partial charge in [-0.15, -0.1) is 0 Å². The Bertz CT molecular complexity index is 1210. The first-order valence-corrected chi connectivity index (χ1v) is 9.99. The van der Waals surface area contributed by atoms with Crippen LogP contribution in [-0.4, -0.2) is 18.9 Å². The summed E-state index contributed by atoms with van der Waals surface area (Å²) in [6, 6.07) is 13.8. The van der Waals surface area contributed by atoms with E-state index in [1.807, 2.05) is 4.90 Å². The number of anilines is 1. The molecule has 0 fully saturated rings. The molecule has 5 nitrogen and oxygen atoms in total. The fourth-order valence-corrected chi connectivity index (χ4v) is 3.58. The smallest absolute Gasteiger partial charge is 0.254 e. The number of ether oxygens (including phenoxy) is 1. The lowest BCUT2D eigenvalue weighted by molar-refractivity contribution is 0.0946. The molecule has 0 saturated heterocycles. The quantitative estimate of drug-likeness (QED) is 0.534. The lowest BCUT2D eigenvalue weighted by Crippen LogP contribution is -2.43. The highest BCUT2D eigenvalue weighted by Gasteiger charge is 2.25. The number of amides is 1. The zero-order valence-corrected chi connectivity index (χ0v) is 17.3. The molecule has 162 valence electrons. The third-order valence-electron chi connectivity index (χ3n) is 5.13. The van der Waals surface area contributed by atoms with Gasteiger partial charge in [0.2, 0.25) is 0 Å². The molecule has 3 aromatic carbocycles. The van der Waals surface area contributed by atoms with E-state index >= 15 is 0 Å². The van der Waals surface area contributed by atoms with E-state index in [1.54, 1.807) is 61.5 Å². The highest BCUT2D eigenvalue weighted by Crippen LogP contribution is 2.32. The molecule has 1 aliphatic heterocycles. The minimum atomic E-state index is -0.644. The predicted octanol–water partition coefficient (Wildman–Crippen LogP) is 5.31. The molecule has 0 spiro atoms. The molecule has 0 unspecified atom stereocenters. The number of aldehydes is 1. The molecule has 1 amide bonds. The maximum absolute atomic E-state index is 14.6. The third-order valence-corrected chi connectivity index (χ3v) is 5.13. The van der Waals surface area contributed by atoms with Gasteiger partial charge in [-0.2, -0.15) is 0 Å². The number of nitrogens with zero attached hydrogens (tertiary/aromatic N) is 1. The van der Waals surface area contributed by atoms with Gasteiger partial charge in [-0.25, -0.2) is 8.78 Å². The Hall–Kier alpha value is -4.00. The Morgan fingerprint density at radius 2 is 1.81 bits per heavy atom. The van der Waals surface area contributed by atoms with Crippen molar-refractivity contribution < 1.29 is 23.1 Å². The Morgan fingerprint density at radius 3 is 2.53 bits per heavy atom. The average molecular weight is 434 g/mol. The van der Waals surface area contributed by atoms with Gasteiger partial charge in [0.15, 0.2) is 0 Å². The van der Waals surface area contributed by atoms with Crippen molar-refractivity contribution in [1.82, 2.24) is 5.32 Å². The number of allylic oxidation sites excluding steroid dienone is 1. The summed E-state index contributed by atoms with van der Waals surface area (Å²) in [5.41, 5.74) is 2.31. The van der Waals surface area contributed by atoms with E-state index in [0.29, 0.717) is 39.4 Å². The van der Waals surface area contributed by atoms with E-state index in [9.17, 15) is 18.4 Å². The summed E-state index contributed by atoms with van der Waals surface area (Å²) in [4.78, 5) is 25.1. The first-order chi connectivity index (χ1) is 15.5. The van der Waals surface area contributed by atoms with Crippen LogP contribution in [-0.2, 0) is 6.54 Å². The van der Waals surface area contributed by atoms with Crippen molar-refractivity contribution >= 4 is 24.0 Å². The first kappa shape index (κ1) is 21.2. The van der Waals surface area contributed by atoms with Crippen molar-refractivity contribution in [2.75, 3.05) is 11.6 Å². The van der Waals surface area contributed by atoms with Crippen molar-refractivity contribution in [2.24, 2.45) is 0 Å². The number of carbonyl (C=O) groups excluding carboxylic acids is 2. The number of fused-ring (bicyclic) bond motifs is 1. The highest BCUT2D eigenvalue weighted by atomic mass is 19.1. The summed E-state index contributed by atoms with van der Waals surface area (Å²) in [6.07, 6.45) is 4.11. The Morgan fingerprint density at radius 1 is 1.06 bits per heavy atom. The van der Waals surface area contributed by atoms with Gasteiger partial charge in [0, 0.05) is 23.7 Å². The van der Waals surface area contributed by atoms with Gasteiger partial charge in [-0.3, -0.25) is 9.59 Å². The van der Waals surface area contributed by atoms with Gasteiger partial charge < -0.3 is 15.0 Å². The van der Waals surface area contributed by atoms with E-state index in [4.69, 9.17) is 4.74 Å². The lowest BCUT2D eigenvalue weighted by Gasteiger charge is -2.32. The van der Waals surface area contributed by atoms with Crippen LogP contribution in [0.5, 0.6) is 11.5 Å². The standard InChI is InChI=1S/C25H20F2N2O3/c1-2-3-17-10-18(26)11-23(27)22(17)13-29-15-28-25(31)21-12-20(8-9-24(21)29)32-19-6-4-16(14-30)5-7-19/h2-12,14H,13,15H2,1H3,(H,28,31). The van der Waals surface area contributed by atoms with Crippen LogP contribution in [0.25, 0.3) is 6.08 Å². The molecule has 32 heavy (non-hydrogen) atoms. The Balaban J connectivity index is 1.63. The summed E-state index contributed by atoms with van der Waals surface area (Å²) < 4.78 is 34.1. The molecule has 1 N–H and O–H groups in total. The summed E-state index contributed by atoms with van der Waals surface area (Å²) in [7, 11) is 0. The molecule has 0 radical (unpaired) electrons. The van der Waals surface area contributed by atoms with Crippen molar-refractivity contribution in [1.29, 1.82) is 0 Å². The van der Waals surface area contributed by atoms with Gasteiger partial charge >= 0.3 is 0 Å². The molecule has 0 aliphatic carbocycles. The van der Waals surface area contributed by atoms with Crippen LogP contribution in [0.1, 0.15) is 38.8 Å². The third kappa shape index (κ3) is 4.37. The van der Waals surface area contributed by atoms with Gasteiger partial charge in [-0.1, -0.05) is 12.2 Å². The topological polar surface area (TPSA) is 58.6 Å². The number of carbonyl (C=O) groups is 2. The summed E-state index contributed by atoms with van der Waals surface area (Å²) in [5, 5.41) is 2.78. The largest absolute Gasteiger partial charge is 0.457 e. The Labute approximate surface area is 183 Å². The van der Waals surface area contributed by atoms with E-state index in [2.05, 4.69) is 5.32 Å². The van der Waals surface area contributed by atoms with Crippen LogP contribution in [0.15, 0.2) is 60.7 Å².